The van der Waals surface area contributed by atoms with Gasteiger partial charge in [0.25, 0.3) is 0 Å². The van der Waals surface area contributed by atoms with Crippen molar-refractivity contribution in [1.82, 2.24) is 0 Å². The normalized spacial score (nSPS) is 17.2. The van der Waals surface area contributed by atoms with Crippen molar-refractivity contribution < 1.29 is 14.4 Å². The first-order chi connectivity index (χ1) is 16.4. The highest BCUT2D eigenvalue weighted by atomic mass is 16.1. The molecule has 0 radical (unpaired) electrons. The Hall–Kier alpha value is -1.77. The molecule has 0 heterocycles. The number of carbonyl (C=O) groups excluding carboxylic acids is 3. The minimum atomic E-state index is -0.0778. The van der Waals surface area contributed by atoms with Crippen LogP contribution in [0.1, 0.15) is 140 Å². The van der Waals surface area contributed by atoms with Crippen LogP contribution in [0, 0.1) is 24.7 Å². The van der Waals surface area contributed by atoms with Crippen molar-refractivity contribution in [2.24, 2.45) is 17.8 Å². The lowest BCUT2D eigenvalue weighted by Gasteiger charge is -2.34. The van der Waals surface area contributed by atoms with Crippen LogP contribution in [0.25, 0.3) is 0 Å². The van der Waals surface area contributed by atoms with Gasteiger partial charge in [-0.15, -0.1) is 0 Å². The second-order valence-corrected chi connectivity index (χ2v) is 11.7. The van der Waals surface area contributed by atoms with Gasteiger partial charge in [-0.25, -0.2) is 0 Å². The smallest absolute Gasteiger partial charge is 0.163 e. The molecule has 0 saturated carbocycles. The van der Waals surface area contributed by atoms with E-state index in [9.17, 15) is 14.4 Å². The standard InChI is InChI=1S/C29H44O3.C3H8/c1-9-12-22(23(11-3)26(31)13-18(4)30)14-20-15-24-21(10-2)17-25(29(6,7)8)19(5)28(24)27(32)16-20;1-3-2/h17,20,22-23H,9-16H2,1-8H3;3H2,1-2H3. The van der Waals surface area contributed by atoms with E-state index in [1.807, 2.05) is 0 Å². The molecule has 0 spiro atoms. The van der Waals surface area contributed by atoms with Gasteiger partial charge in [0.1, 0.15) is 11.6 Å². The van der Waals surface area contributed by atoms with Crippen molar-refractivity contribution in [3.8, 4) is 0 Å². The highest BCUT2D eigenvalue weighted by Gasteiger charge is 2.35. The third-order valence-corrected chi connectivity index (χ3v) is 7.36. The van der Waals surface area contributed by atoms with Gasteiger partial charge in [0.15, 0.2) is 5.78 Å². The summed E-state index contributed by atoms with van der Waals surface area (Å²) in [7, 11) is 0. The molecule has 3 heteroatoms. The highest BCUT2D eigenvalue weighted by Crippen LogP contribution is 2.40. The predicted molar refractivity (Wildman–Crippen MR) is 148 cm³/mol. The van der Waals surface area contributed by atoms with Crippen LogP contribution in [0.3, 0.4) is 0 Å². The fraction of sp³-hybridized carbons (Fsp3) is 0.719. The lowest BCUT2D eigenvalue weighted by molar-refractivity contribution is -0.129. The van der Waals surface area contributed by atoms with Crippen molar-refractivity contribution in [3.05, 3.63) is 33.9 Å². The van der Waals surface area contributed by atoms with Gasteiger partial charge in [0.2, 0.25) is 0 Å². The molecular formula is C32H52O3. The molecule has 0 bridgehead atoms. The SMILES string of the molecule is CCC.CCCC(CC1CC(=O)c2c(C)c(C(C)(C)C)cc(CC)c2C1)C(CC)C(=O)CC(C)=O. The Kier molecular flexibility index (Phi) is 12.6. The van der Waals surface area contributed by atoms with Crippen LogP contribution < -0.4 is 0 Å². The van der Waals surface area contributed by atoms with Crippen LogP contribution in [0.15, 0.2) is 6.07 Å². The molecule has 3 atom stereocenters. The van der Waals surface area contributed by atoms with Crippen molar-refractivity contribution in [3.63, 3.8) is 0 Å². The molecule has 1 aromatic rings. The highest BCUT2D eigenvalue weighted by molar-refractivity contribution is 6.01. The second kappa shape index (κ2) is 14.1. The largest absolute Gasteiger partial charge is 0.300 e. The number of carbonyl (C=O) groups is 3. The first-order valence-corrected chi connectivity index (χ1v) is 14.1. The third kappa shape index (κ3) is 8.40. The molecule has 0 aliphatic heterocycles. The molecule has 0 fully saturated rings. The lowest BCUT2D eigenvalue weighted by atomic mass is 9.69. The summed E-state index contributed by atoms with van der Waals surface area (Å²) in [5.74, 6) is 0.745. The molecule has 0 amide bonds. The Morgan fingerprint density at radius 1 is 1.06 bits per heavy atom. The Bertz CT molecular complexity index is 872. The fourth-order valence-electron chi connectivity index (χ4n) is 5.97. The van der Waals surface area contributed by atoms with Gasteiger partial charge in [-0.05, 0) is 79.0 Å². The first-order valence-electron chi connectivity index (χ1n) is 14.1. The molecule has 0 N–H and O–H groups in total. The number of benzene rings is 1. The Morgan fingerprint density at radius 3 is 2.11 bits per heavy atom. The van der Waals surface area contributed by atoms with E-state index >= 15 is 0 Å². The van der Waals surface area contributed by atoms with Gasteiger partial charge in [-0.1, -0.05) is 80.7 Å². The number of Topliss-reactive ketones (excluding diaryl/α,β-unsaturated/α-hetero) is 3. The van der Waals surface area contributed by atoms with Crippen LogP contribution >= 0.6 is 0 Å². The van der Waals surface area contributed by atoms with E-state index in [4.69, 9.17) is 0 Å². The second-order valence-electron chi connectivity index (χ2n) is 11.7. The molecule has 2 rings (SSSR count). The summed E-state index contributed by atoms with van der Waals surface area (Å²) in [6, 6.07) is 2.33. The molecule has 0 aromatic heterocycles. The van der Waals surface area contributed by atoms with E-state index in [0.29, 0.717) is 6.42 Å². The lowest BCUT2D eigenvalue weighted by Crippen LogP contribution is -2.30. The van der Waals surface area contributed by atoms with E-state index in [1.54, 1.807) is 0 Å². The number of rotatable bonds is 10. The summed E-state index contributed by atoms with van der Waals surface area (Å²) in [4.78, 5) is 37.8. The van der Waals surface area contributed by atoms with Crippen molar-refractivity contribution >= 4 is 17.3 Å². The summed E-state index contributed by atoms with van der Waals surface area (Å²) < 4.78 is 0. The molecule has 3 unspecified atom stereocenters. The molecule has 198 valence electrons. The topological polar surface area (TPSA) is 51.2 Å². The number of hydrogen-bond acceptors (Lipinski definition) is 3. The van der Waals surface area contributed by atoms with E-state index < -0.39 is 0 Å². The molecule has 0 saturated heterocycles. The van der Waals surface area contributed by atoms with Crippen LogP contribution in [0.2, 0.25) is 0 Å². The summed E-state index contributed by atoms with van der Waals surface area (Å²) in [6.45, 7) is 20.9. The minimum Gasteiger partial charge on any atom is -0.300 e. The summed E-state index contributed by atoms with van der Waals surface area (Å²) >= 11 is 0. The summed E-state index contributed by atoms with van der Waals surface area (Å²) in [5.41, 5.74) is 5.97. The van der Waals surface area contributed by atoms with Crippen LogP contribution in [-0.4, -0.2) is 17.3 Å². The van der Waals surface area contributed by atoms with E-state index in [1.165, 1.54) is 30.0 Å². The van der Waals surface area contributed by atoms with Crippen LogP contribution in [0.5, 0.6) is 0 Å². The predicted octanol–water partition coefficient (Wildman–Crippen LogP) is 8.40. The average Bonchev–Trinajstić information content (AvgIpc) is 2.73. The van der Waals surface area contributed by atoms with Gasteiger partial charge in [0.05, 0.1) is 6.42 Å². The van der Waals surface area contributed by atoms with Gasteiger partial charge in [-0.2, -0.15) is 0 Å². The molecule has 1 aromatic carbocycles. The van der Waals surface area contributed by atoms with Crippen LogP contribution in [0.4, 0.5) is 0 Å². The van der Waals surface area contributed by atoms with Crippen molar-refractivity contribution in [2.75, 3.05) is 0 Å². The van der Waals surface area contributed by atoms with Gasteiger partial charge < -0.3 is 0 Å². The van der Waals surface area contributed by atoms with Gasteiger partial charge >= 0.3 is 0 Å². The zero-order valence-corrected chi connectivity index (χ0v) is 24.4. The summed E-state index contributed by atoms with van der Waals surface area (Å²) in [5, 5.41) is 0. The maximum atomic E-state index is 13.4. The maximum absolute atomic E-state index is 13.4. The third-order valence-electron chi connectivity index (χ3n) is 7.36. The molecular weight excluding hydrogens is 432 g/mol. The summed E-state index contributed by atoms with van der Waals surface area (Å²) in [6.07, 6.45) is 7.36. The number of hydrogen-bond donors (Lipinski definition) is 0. The van der Waals surface area contributed by atoms with Crippen molar-refractivity contribution in [1.29, 1.82) is 0 Å². The Balaban J connectivity index is 0.00000194. The van der Waals surface area contributed by atoms with Gasteiger partial charge in [-0.3, -0.25) is 14.4 Å². The molecule has 1 aliphatic carbocycles. The average molecular weight is 485 g/mol. The zero-order chi connectivity index (χ0) is 26.9. The molecule has 3 nitrogen and oxygen atoms in total. The van der Waals surface area contributed by atoms with E-state index in [0.717, 1.165) is 49.7 Å². The van der Waals surface area contributed by atoms with Crippen molar-refractivity contribution in [2.45, 2.75) is 132 Å². The van der Waals surface area contributed by atoms with E-state index in [2.05, 4.69) is 68.4 Å². The number of aryl methyl sites for hydroxylation is 1. The van der Waals surface area contributed by atoms with E-state index in [-0.39, 0.29) is 46.9 Å². The Labute approximate surface area is 215 Å². The fourth-order valence-corrected chi connectivity index (χ4v) is 5.97. The van der Waals surface area contributed by atoms with Gasteiger partial charge in [0, 0.05) is 17.9 Å². The monoisotopic (exact) mass is 484 g/mol. The Morgan fingerprint density at radius 2 is 1.66 bits per heavy atom. The first kappa shape index (κ1) is 31.3. The van der Waals surface area contributed by atoms with Crippen LogP contribution in [-0.2, 0) is 27.8 Å². The number of fused-ring (bicyclic) bond motifs is 1. The zero-order valence-electron chi connectivity index (χ0n) is 24.4. The quantitative estimate of drug-likeness (QED) is 0.313. The molecule has 1 aliphatic rings. The molecule has 35 heavy (non-hydrogen) atoms. The minimum absolute atomic E-state index is 0.0117. The number of ketones is 3. The maximum Gasteiger partial charge on any atom is 0.163 e.